The molecule has 1 unspecified atom stereocenters. The van der Waals surface area contributed by atoms with Gasteiger partial charge in [0.2, 0.25) is 5.95 Å². The molecule has 3 heterocycles. The molecule has 0 saturated heterocycles. The molecular weight excluding hydrogens is 440 g/mol. The number of aromatic nitrogens is 6. The molecule has 34 heavy (non-hydrogen) atoms. The highest BCUT2D eigenvalue weighted by Crippen LogP contribution is 2.20. The van der Waals surface area contributed by atoms with Crippen LogP contribution in [0.2, 0.25) is 0 Å². The number of imidazole rings is 1. The number of hydrogen-bond acceptors (Lipinski definition) is 6. The van der Waals surface area contributed by atoms with Gasteiger partial charge in [0, 0.05) is 12.5 Å². The first-order valence-corrected chi connectivity index (χ1v) is 10.3. The van der Waals surface area contributed by atoms with Gasteiger partial charge in [-0.15, -0.1) is 18.3 Å². The van der Waals surface area contributed by atoms with Crippen molar-refractivity contribution in [1.82, 2.24) is 29.3 Å². The fraction of sp³-hybridized carbons (Fsp3) is 0.208. The second-order valence-corrected chi connectivity index (χ2v) is 6.93. The van der Waals surface area contributed by atoms with Gasteiger partial charge in [0.1, 0.15) is 17.5 Å². The Bertz CT molecular complexity index is 1330. The van der Waals surface area contributed by atoms with Crippen molar-refractivity contribution in [2.75, 3.05) is 12.9 Å². The van der Waals surface area contributed by atoms with Crippen molar-refractivity contribution < 1.29 is 8.78 Å². The van der Waals surface area contributed by atoms with E-state index < -0.39 is 6.17 Å². The first-order valence-electron chi connectivity index (χ1n) is 10.3. The highest BCUT2D eigenvalue weighted by Gasteiger charge is 2.16. The fourth-order valence-corrected chi connectivity index (χ4v) is 2.94. The summed E-state index contributed by atoms with van der Waals surface area (Å²) >= 11 is 0. The second kappa shape index (κ2) is 12.1. The summed E-state index contributed by atoms with van der Waals surface area (Å²) in [5.41, 5.74) is 8.32. The van der Waals surface area contributed by atoms with Gasteiger partial charge in [0.25, 0.3) is 5.56 Å². The predicted molar refractivity (Wildman–Crippen MR) is 131 cm³/mol. The average molecular weight is 468 g/mol. The molecule has 0 radical (unpaired) electrons. The average Bonchev–Trinajstić information content (AvgIpc) is 3.19. The van der Waals surface area contributed by atoms with Gasteiger partial charge in [-0.1, -0.05) is 30.4 Å². The van der Waals surface area contributed by atoms with Gasteiger partial charge in [-0.2, -0.15) is 9.67 Å². The lowest BCUT2D eigenvalue weighted by Crippen LogP contribution is -2.23. The smallest absolute Gasteiger partial charge is 0.271 e. The standard InChI is InChI=1S/C19H17N7O.C4H7F.CH3F/c1-3-6-15-22-13-11-21-19(20)23-18(13)25(15)16-9-10-17(27)26(24-16)14-8-5-4-7-12(14)2;1-3-4(2)5;1-2/h3-5,7-11H,1,6H2,2H3,(H2,20,21,23);3-4H,1H2,2H3;1H3. The van der Waals surface area contributed by atoms with Crippen LogP contribution in [-0.2, 0) is 6.42 Å². The summed E-state index contributed by atoms with van der Waals surface area (Å²) in [6.07, 6.45) is 4.21. The third kappa shape index (κ3) is 5.97. The van der Waals surface area contributed by atoms with E-state index in [9.17, 15) is 13.6 Å². The number of benzene rings is 1. The zero-order chi connectivity index (χ0) is 25.3. The fourth-order valence-electron chi connectivity index (χ4n) is 2.94. The number of halogens is 2. The van der Waals surface area contributed by atoms with E-state index in [1.165, 1.54) is 23.7 Å². The molecule has 0 saturated carbocycles. The van der Waals surface area contributed by atoms with Gasteiger partial charge < -0.3 is 5.73 Å². The van der Waals surface area contributed by atoms with E-state index in [-0.39, 0.29) is 11.5 Å². The van der Waals surface area contributed by atoms with Crippen molar-refractivity contribution in [2.24, 2.45) is 0 Å². The van der Waals surface area contributed by atoms with Crippen molar-refractivity contribution in [3.05, 3.63) is 89.6 Å². The minimum absolute atomic E-state index is 0.140. The third-order valence-corrected chi connectivity index (χ3v) is 4.50. The number of nitrogens with zero attached hydrogens (tertiary/aromatic N) is 6. The molecule has 0 aliphatic heterocycles. The quantitative estimate of drug-likeness (QED) is 0.443. The van der Waals surface area contributed by atoms with E-state index in [1.807, 2.05) is 31.2 Å². The van der Waals surface area contributed by atoms with Crippen LogP contribution in [0.25, 0.3) is 22.7 Å². The summed E-state index contributed by atoms with van der Waals surface area (Å²) < 4.78 is 24.0. The lowest BCUT2D eigenvalue weighted by molar-refractivity contribution is 0.431. The lowest BCUT2D eigenvalue weighted by atomic mass is 10.2. The Morgan fingerprint density at radius 3 is 2.44 bits per heavy atom. The van der Waals surface area contributed by atoms with Crippen molar-refractivity contribution >= 4 is 17.1 Å². The van der Waals surface area contributed by atoms with E-state index in [1.54, 1.807) is 22.9 Å². The number of anilines is 1. The molecule has 10 heteroatoms. The van der Waals surface area contributed by atoms with Crippen molar-refractivity contribution in [1.29, 1.82) is 0 Å². The number of rotatable bonds is 5. The van der Waals surface area contributed by atoms with Crippen LogP contribution >= 0.6 is 0 Å². The van der Waals surface area contributed by atoms with Gasteiger partial charge in [0.05, 0.1) is 19.1 Å². The van der Waals surface area contributed by atoms with Gasteiger partial charge in [0.15, 0.2) is 11.5 Å². The highest BCUT2D eigenvalue weighted by atomic mass is 19.1. The molecule has 0 bridgehead atoms. The Hall–Kier alpha value is -4.21. The van der Waals surface area contributed by atoms with E-state index in [0.717, 1.165) is 5.56 Å². The Labute approximate surface area is 196 Å². The number of aryl methyl sites for hydroxylation is 1. The number of fused-ring (bicyclic) bond motifs is 1. The Morgan fingerprint density at radius 1 is 1.15 bits per heavy atom. The summed E-state index contributed by atoms with van der Waals surface area (Å²) in [5.74, 6) is 1.33. The maximum Gasteiger partial charge on any atom is 0.271 e. The van der Waals surface area contributed by atoms with E-state index >= 15 is 0 Å². The predicted octanol–water partition coefficient (Wildman–Crippen LogP) is 4.10. The van der Waals surface area contributed by atoms with Crippen LogP contribution in [0.3, 0.4) is 0 Å². The maximum absolute atomic E-state index is 12.4. The molecule has 0 amide bonds. The summed E-state index contributed by atoms with van der Waals surface area (Å²) in [6.45, 7) is 10.3. The van der Waals surface area contributed by atoms with Crippen molar-refractivity contribution in [3.8, 4) is 11.5 Å². The Morgan fingerprint density at radius 2 is 1.82 bits per heavy atom. The number of para-hydroxylation sites is 1. The third-order valence-electron chi connectivity index (χ3n) is 4.50. The van der Waals surface area contributed by atoms with Crippen LogP contribution in [0.4, 0.5) is 14.7 Å². The van der Waals surface area contributed by atoms with Crippen LogP contribution in [-0.4, -0.2) is 42.6 Å². The molecule has 4 rings (SSSR count). The molecule has 0 spiro atoms. The summed E-state index contributed by atoms with van der Waals surface area (Å²) in [6, 6.07) is 10.7. The molecule has 2 N–H and O–H groups in total. The zero-order valence-electron chi connectivity index (χ0n) is 19.3. The molecule has 3 aromatic heterocycles. The van der Waals surface area contributed by atoms with Crippen LogP contribution in [0, 0.1) is 6.92 Å². The first kappa shape index (κ1) is 26.0. The molecule has 1 aromatic carbocycles. The Kier molecular flexibility index (Phi) is 9.30. The monoisotopic (exact) mass is 467 g/mol. The second-order valence-electron chi connectivity index (χ2n) is 6.93. The molecule has 4 aromatic rings. The van der Waals surface area contributed by atoms with E-state index in [2.05, 4.69) is 33.2 Å². The van der Waals surface area contributed by atoms with E-state index in [0.29, 0.717) is 42.1 Å². The summed E-state index contributed by atoms with van der Waals surface area (Å²) in [7, 11) is 0.500. The molecule has 0 fully saturated rings. The largest absolute Gasteiger partial charge is 0.368 e. The van der Waals surface area contributed by atoms with Gasteiger partial charge in [-0.3, -0.25) is 13.8 Å². The lowest BCUT2D eigenvalue weighted by Gasteiger charge is -2.11. The maximum atomic E-state index is 12.4. The molecular formula is C24H27F2N7O. The van der Waals surface area contributed by atoms with E-state index in [4.69, 9.17) is 5.73 Å². The minimum atomic E-state index is -0.852. The molecule has 178 valence electrons. The van der Waals surface area contributed by atoms with Crippen LogP contribution in [0.5, 0.6) is 0 Å². The van der Waals surface area contributed by atoms with Crippen LogP contribution in [0.15, 0.2) is 72.7 Å². The van der Waals surface area contributed by atoms with Crippen molar-refractivity contribution in [3.63, 3.8) is 0 Å². The molecule has 1 atom stereocenters. The SMILES string of the molecule is C=CC(C)F.C=CCc1nc2cnc(N)nc2n1-c1ccc(=O)n(-c2ccccc2C)n1.CF. The number of nitrogens with two attached hydrogens (primary N) is 1. The van der Waals surface area contributed by atoms with Gasteiger partial charge in [-0.25, -0.2) is 14.4 Å². The van der Waals surface area contributed by atoms with Crippen molar-refractivity contribution in [2.45, 2.75) is 26.4 Å². The topological polar surface area (TPSA) is 105 Å². The molecule has 0 aliphatic rings. The molecule has 0 aliphatic carbocycles. The van der Waals surface area contributed by atoms with Gasteiger partial charge in [-0.05, 0) is 31.5 Å². The Balaban J connectivity index is 0.000000520. The van der Waals surface area contributed by atoms with Crippen LogP contribution < -0.4 is 11.3 Å². The normalized spacial score (nSPS) is 11.0. The van der Waals surface area contributed by atoms with Crippen LogP contribution in [0.1, 0.15) is 18.3 Å². The highest BCUT2D eigenvalue weighted by molar-refractivity contribution is 5.73. The first-order chi connectivity index (χ1) is 16.3. The zero-order valence-corrected chi connectivity index (χ0v) is 19.3. The number of nitrogen functional groups attached to an aromatic ring is 1. The summed E-state index contributed by atoms with van der Waals surface area (Å²) in [5, 5.41) is 4.56. The number of alkyl halides is 2. The molecule has 8 nitrogen and oxygen atoms in total. The number of allylic oxidation sites excluding steroid dienone is 2. The summed E-state index contributed by atoms with van der Waals surface area (Å²) in [4.78, 5) is 25.3. The van der Waals surface area contributed by atoms with Gasteiger partial charge >= 0.3 is 0 Å². The minimum Gasteiger partial charge on any atom is -0.368 e. The number of hydrogen-bond donors (Lipinski definition) is 1.